The topological polar surface area (TPSA) is 64.4 Å². The average Bonchev–Trinajstić information content (AvgIpc) is 2.85. The normalized spacial score (nSPS) is 15.5. The molecule has 0 saturated carbocycles. The third kappa shape index (κ3) is 3.20. The zero-order valence-corrected chi connectivity index (χ0v) is 12.9. The third-order valence-electron chi connectivity index (χ3n) is 3.48. The molecule has 1 aromatic carbocycles. The van der Waals surface area contributed by atoms with Crippen LogP contribution >= 0.6 is 0 Å². The van der Waals surface area contributed by atoms with Gasteiger partial charge in [0.15, 0.2) is 0 Å². The van der Waals surface area contributed by atoms with Crippen LogP contribution in [-0.2, 0) is 27.9 Å². The average molecular weight is 343 g/mol. The summed E-state index contributed by atoms with van der Waals surface area (Å²) in [6.07, 6.45) is -0.389. The van der Waals surface area contributed by atoms with Crippen LogP contribution in [0.1, 0.15) is 5.56 Å². The molecule has 0 N–H and O–H groups in total. The number of anilines is 1. The van der Waals surface area contributed by atoms with Crippen LogP contribution < -0.4 is 4.31 Å². The molecule has 0 atom stereocenters. The molecule has 2 heterocycles. The smallest absolute Gasteiger partial charge is 0.267 e. The van der Waals surface area contributed by atoms with Crippen molar-refractivity contribution < 1.29 is 21.9 Å². The molecule has 3 rings (SSSR count). The number of fused-ring (bicyclic) bond motifs is 1. The van der Waals surface area contributed by atoms with Gasteiger partial charge in [-0.05, 0) is 6.07 Å². The van der Waals surface area contributed by atoms with E-state index in [0.717, 1.165) is 22.6 Å². The maximum absolute atomic E-state index is 12.8. The van der Waals surface area contributed by atoms with Gasteiger partial charge in [0.25, 0.3) is 16.4 Å². The fourth-order valence-corrected chi connectivity index (χ4v) is 3.86. The number of benzene rings is 1. The molecule has 0 spiro atoms. The zero-order valence-electron chi connectivity index (χ0n) is 12.1. The van der Waals surface area contributed by atoms with Crippen molar-refractivity contribution in [3.63, 3.8) is 0 Å². The molecular weight excluding hydrogens is 328 g/mol. The third-order valence-corrected chi connectivity index (χ3v) is 5.25. The van der Waals surface area contributed by atoms with Gasteiger partial charge in [0.1, 0.15) is 11.4 Å². The van der Waals surface area contributed by atoms with Crippen LogP contribution in [0.25, 0.3) is 0 Å². The number of nitrogens with zero attached hydrogens (tertiary/aromatic N) is 3. The van der Waals surface area contributed by atoms with Crippen molar-refractivity contribution in [2.45, 2.75) is 24.5 Å². The fourth-order valence-electron chi connectivity index (χ4n) is 2.42. The Hall–Kier alpha value is -2.00. The van der Waals surface area contributed by atoms with Crippen LogP contribution in [0.4, 0.5) is 14.5 Å². The number of hydrogen-bond acceptors (Lipinski definition) is 4. The van der Waals surface area contributed by atoms with Crippen LogP contribution in [-0.4, -0.2) is 37.8 Å². The van der Waals surface area contributed by atoms with Crippen molar-refractivity contribution in [3.8, 4) is 0 Å². The first-order valence-electron chi connectivity index (χ1n) is 6.97. The summed E-state index contributed by atoms with van der Waals surface area (Å²) < 4.78 is 58.0. The molecule has 124 valence electrons. The highest BCUT2D eigenvalue weighted by atomic mass is 32.2. The van der Waals surface area contributed by atoms with E-state index >= 15 is 0 Å². The molecule has 0 unspecified atom stereocenters. The molecule has 23 heavy (non-hydrogen) atoms. The van der Waals surface area contributed by atoms with E-state index in [9.17, 15) is 17.2 Å². The number of para-hydroxylation sites is 1. The zero-order chi connectivity index (χ0) is 16.4. The lowest BCUT2D eigenvalue weighted by Crippen LogP contribution is -2.33. The predicted molar refractivity (Wildman–Crippen MR) is 78.9 cm³/mol. The standard InChI is InChI=1S/C14H15F2N3O3S/c15-14(16)9-18-8-12(7-17-18)23(20,21)19-5-6-22-10-11-3-1-2-4-13(11)19/h1-4,7-8,14H,5-6,9-10H2. The van der Waals surface area contributed by atoms with Gasteiger partial charge in [-0.25, -0.2) is 17.2 Å². The molecule has 1 aliphatic heterocycles. The Kier molecular flexibility index (Phi) is 4.31. The minimum Gasteiger partial charge on any atom is -0.375 e. The Labute approximate surface area is 132 Å². The summed E-state index contributed by atoms with van der Waals surface area (Å²) in [7, 11) is -3.89. The van der Waals surface area contributed by atoms with Gasteiger partial charge in [0.05, 0.1) is 31.6 Å². The van der Waals surface area contributed by atoms with E-state index in [1.165, 1.54) is 4.31 Å². The summed E-state index contributed by atoms with van der Waals surface area (Å²) in [4.78, 5) is -0.116. The Morgan fingerprint density at radius 3 is 2.87 bits per heavy atom. The number of sulfonamides is 1. The highest BCUT2D eigenvalue weighted by Crippen LogP contribution is 2.29. The van der Waals surface area contributed by atoms with Crippen molar-refractivity contribution >= 4 is 15.7 Å². The van der Waals surface area contributed by atoms with E-state index in [4.69, 9.17) is 4.74 Å². The number of ether oxygens (including phenoxy) is 1. The van der Waals surface area contributed by atoms with Gasteiger partial charge < -0.3 is 4.74 Å². The first-order chi connectivity index (χ1) is 11.0. The number of rotatable bonds is 4. The Bertz CT molecular complexity index is 792. The molecule has 0 bridgehead atoms. The predicted octanol–water partition coefficient (Wildman–Crippen LogP) is 1.87. The van der Waals surface area contributed by atoms with Gasteiger partial charge in [0.2, 0.25) is 0 Å². The summed E-state index contributed by atoms with van der Waals surface area (Å²) in [5.41, 5.74) is 1.29. The molecule has 0 aliphatic carbocycles. The van der Waals surface area contributed by atoms with Gasteiger partial charge in [0, 0.05) is 11.8 Å². The highest BCUT2D eigenvalue weighted by Gasteiger charge is 2.29. The lowest BCUT2D eigenvalue weighted by Gasteiger charge is -2.22. The Morgan fingerprint density at radius 2 is 2.09 bits per heavy atom. The molecular formula is C14H15F2N3O3S. The lowest BCUT2D eigenvalue weighted by molar-refractivity contribution is 0.121. The summed E-state index contributed by atoms with van der Waals surface area (Å²) in [6, 6.07) is 7.04. The van der Waals surface area contributed by atoms with Crippen LogP contribution in [0.2, 0.25) is 0 Å². The number of aromatic nitrogens is 2. The summed E-state index contributed by atoms with van der Waals surface area (Å²) in [5.74, 6) is 0. The van der Waals surface area contributed by atoms with Crippen molar-refractivity contribution in [2.75, 3.05) is 17.5 Å². The van der Waals surface area contributed by atoms with E-state index in [1.807, 2.05) is 0 Å². The molecule has 6 nitrogen and oxygen atoms in total. The molecule has 1 aromatic heterocycles. The Balaban J connectivity index is 1.97. The van der Waals surface area contributed by atoms with Gasteiger partial charge >= 0.3 is 0 Å². The van der Waals surface area contributed by atoms with Crippen LogP contribution in [0.5, 0.6) is 0 Å². The van der Waals surface area contributed by atoms with Crippen LogP contribution in [0.3, 0.4) is 0 Å². The first kappa shape index (κ1) is 15.9. The molecule has 9 heteroatoms. The highest BCUT2D eigenvalue weighted by molar-refractivity contribution is 7.92. The minimum atomic E-state index is -3.89. The van der Waals surface area contributed by atoms with Gasteiger partial charge in [-0.2, -0.15) is 5.10 Å². The molecule has 0 radical (unpaired) electrons. The quantitative estimate of drug-likeness (QED) is 0.850. The number of alkyl halides is 2. The monoisotopic (exact) mass is 343 g/mol. The molecule has 0 amide bonds. The maximum Gasteiger partial charge on any atom is 0.267 e. The van der Waals surface area contributed by atoms with Gasteiger partial charge in [-0.3, -0.25) is 8.99 Å². The summed E-state index contributed by atoms with van der Waals surface area (Å²) >= 11 is 0. The van der Waals surface area contributed by atoms with Crippen LogP contribution in [0.15, 0.2) is 41.6 Å². The van der Waals surface area contributed by atoms with E-state index < -0.39 is 23.0 Å². The van der Waals surface area contributed by atoms with E-state index in [2.05, 4.69) is 5.10 Å². The van der Waals surface area contributed by atoms with E-state index in [-0.39, 0.29) is 18.0 Å². The van der Waals surface area contributed by atoms with Crippen molar-refractivity contribution in [1.29, 1.82) is 0 Å². The maximum atomic E-state index is 12.8. The van der Waals surface area contributed by atoms with Crippen molar-refractivity contribution in [1.82, 2.24) is 9.78 Å². The summed E-state index contributed by atoms with van der Waals surface area (Å²) in [6.45, 7) is 0.0838. The second-order valence-electron chi connectivity index (χ2n) is 5.05. The largest absolute Gasteiger partial charge is 0.375 e. The second kappa shape index (κ2) is 6.25. The SMILES string of the molecule is O=S(=O)(c1cnn(CC(F)F)c1)N1CCOCc2ccccc21. The van der Waals surface area contributed by atoms with Crippen LogP contribution in [0, 0.1) is 0 Å². The molecule has 1 aliphatic rings. The van der Waals surface area contributed by atoms with E-state index in [0.29, 0.717) is 12.3 Å². The molecule has 0 saturated heterocycles. The van der Waals surface area contributed by atoms with E-state index in [1.54, 1.807) is 24.3 Å². The summed E-state index contributed by atoms with van der Waals surface area (Å²) in [5, 5.41) is 3.70. The molecule has 0 fully saturated rings. The second-order valence-corrected chi connectivity index (χ2v) is 6.91. The van der Waals surface area contributed by atoms with Crippen molar-refractivity contribution in [3.05, 3.63) is 42.2 Å². The first-order valence-corrected chi connectivity index (χ1v) is 8.41. The van der Waals surface area contributed by atoms with Crippen molar-refractivity contribution in [2.24, 2.45) is 0 Å². The lowest BCUT2D eigenvalue weighted by atomic mass is 10.2. The fraction of sp³-hybridized carbons (Fsp3) is 0.357. The van der Waals surface area contributed by atoms with Gasteiger partial charge in [-0.15, -0.1) is 0 Å². The Morgan fingerprint density at radius 1 is 1.30 bits per heavy atom. The van der Waals surface area contributed by atoms with Gasteiger partial charge in [-0.1, -0.05) is 18.2 Å². The minimum absolute atomic E-state index is 0.116. The molecule has 2 aromatic rings. The number of hydrogen-bond donors (Lipinski definition) is 0. The number of halogens is 2.